The SMILES string of the molecule is COc1ccc(-c2c3ccccc3c(-c3ccc(-n4c5ccc(C6CCCCC6)cc5c5cc(C6CCCCC6)ccc54)cc3)c3ccccc23)cc1. The molecule has 0 atom stereocenters. The molecule has 2 saturated carbocycles. The van der Waals surface area contributed by atoms with Gasteiger partial charge in [0.05, 0.1) is 18.1 Å². The Labute approximate surface area is 313 Å². The van der Waals surface area contributed by atoms with Gasteiger partial charge >= 0.3 is 0 Å². The summed E-state index contributed by atoms with van der Waals surface area (Å²) in [5.41, 5.74) is 11.9. The lowest BCUT2D eigenvalue weighted by atomic mass is 9.83. The summed E-state index contributed by atoms with van der Waals surface area (Å²) in [7, 11) is 1.73. The molecular formula is C51H47NO. The quantitative estimate of drug-likeness (QED) is 0.159. The van der Waals surface area contributed by atoms with E-state index in [0.717, 1.165) is 5.75 Å². The van der Waals surface area contributed by atoms with Gasteiger partial charge in [0, 0.05) is 16.5 Å². The molecule has 0 N–H and O–H groups in total. The van der Waals surface area contributed by atoms with Crippen molar-refractivity contribution in [1.82, 2.24) is 4.57 Å². The Balaban J connectivity index is 1.13. The molecule has 53 heavy (non-hydrogen) atoms. The van der Waals surface area contributed by atoms with Gasteiger partial charge in [-0.2, -0.15) is 0 Å². The summed E-state index contributed by atoms with van der Waals surface area (Å²) in [6, 6.07) is 50.5. The fraction of sp³-hybridized carbons (Fsp3) is 0.255. The number of hydrogen-bond donors (Lipinski definition) is 0. The largest absolute Gasteiger partial charge is 0.497 e. The van der Waals surface area contributed by atoms with Gasteiger partial charge in [-0.05, 0) is 141 Å². The van der Waals surface area contributed by atoms with Gasteiger partial charge in [-0.15, -0.1) is 0 Å². The van der Waals surface area contributed by atoms with E-state index in [2.05, 4.69) is 138 Å². The van der Waals surface area contributed by atoms with Gasteiger partial charge in [-0.1, -0.05) is 123 Å². The van der Waals surface area contributed by atoms with E-state index in [9.17, 15) is 0 Å². The fourth-order valence-electron chi connectivity index (χ4n) is 10.0. The summed E-state index contributed by atoms with van der Waals surface area (Å²) in [6.45, 7) is 0. The highest BCUT2D eigenvalue weighted by Gasteiger charge is 2.22. The molecule has 1 heterocycles. The molecule has 8 aromatic rings. The van der Waals surface area contributed by atoms with Crippen molar-refractivity contribution in [2.45, 2.75) is 76.0 Å². The van der Waals surface area contributed by atoms with Gasteiger partial charge in [0.1, 0.15) is 5.75 Å². The molecule has 2 nitrogen and oxygen atoms in total. The lowest BCUT2D eigenvalue weighted by molar-refractivity contribution is 0.415. The van der Waals surface area contributed by atoms with E-state index in [0.29, 0.717) is 11.8 Å². The molecule has 7 aromatic carbocycles. The van der Waals surface area contributed by atoms with Crippen LogP contribution in [-0.2, 0) is 0 Å². The second-order valence-electron chi connectivity index (χ2n) is 15.7. The number of rotatable bonds is 6. The Kier molecular flexibility index (Phi) is 8.28. The summed E-state index contributed by atoms with van der Waals surface area (Å²) < 4.78 is 8.02. The Morgan fingerprint density at radius 1 is 0.434 bits per heavy atom. The van der Waals surface area contributed by atoms with Crippen molar-refractivity contribution >= 4 is 43.4 Å². The molecule has 0 spiro atoms. The normalized spacial score (nSPS) is 15.9. The first kappa shape index (κ1) is 32.3. The third-order valence-electron chi connectivity index (χ3n) is 12.7. The zero-order chi connectivity index (χ0) is 35.3. The van der Waals surface area contributed by atoms with Crippen LogP contribution in [0.4, 0.5) is 0 Å². The summed E-state index contributed by atoms with van der Waals surface area (Å²) in [5.74, 6) is 2.25. The maximum absolute atomic E-state index is 5.50. The van der Waals surface area contributed by atoms with Crippen molar-refractivity contribution in [3.05, 3.63) is 145 Å². The zero-order valence-corrected chi connectivity index (χ0v) is 30.8. The predicted molar refractivity (Wildman–Crippen MR) is 225 cm³/mol. The first-order chi connectivity index (χ1) is 26.2. The number of ether oxygens (including phenoxy) is 1. The van der Waals surface area contributed by atoms with Gasteiger partial charge in [-0.25, -0.2) is 0 Å². The van der Waals surface area contributed by atoms with Crippen LogP contribution >= 0.6 is 0 Å². The van der Waals surface area contributed by atoms with Crippen LogP contribution in [0.25, 0.3) is 71.3 Å². The first-order valence-electron chi connectivity index (χ1n) is 20.0. The molecule has 2 aliphatic rings. The number of hydrogen-bond acceptors (Lipinski definition) is 1. The number of aromatic nitrogens is 1. The molecule has 2 heteroatoms. The molecule has 1 aromatic heterocycles. The molecule has 0 saturated heterocycles. The summed E-state index contributed by atoms with van der Waals surface area (Å²) in [5, 5.41) is 7.90. The topological polar surface area (TPSA) is 14.2 Å². The van der Waals surface area contributed by atoms with Crippen LogP contribution in [0.2, 0.25) is 0 Å². The van der Waals surface area contributed by atoms with E-state index in [1.54, 1.807) is 7.11 Å². The molecule has 10 rings (SSSR count). The molecule has 0 aliphatic heterocycles. The molecule has 0 amide bonds. The Morgan fingerprint density at radius 3 is 1.26 bits per heavy atom. The van der Waals surface area contributed by atoms with Crippen LogP contribution in [0.3, 0.4) is 0 Å². The average molecular weight is 690 g/mol. The van der Waals surface area contributed by atoms with Crippen LogP contribution in [0, 0.1) is 0 Å². The maximum atomic E-state index is 5.50. The number of methoxy groups -OCH3 is 1. The number of nitrogens with zero attached hydrogens (tertiary/aromatic N) is 1. The molecule has 0 unspecified atom stereocenters. The average Bonchev–Trinajstić information content (AvgIpc) is 3.56. The van der Waals surface area contributed by atoms with Gasteiger partial charge in [0.2, 0.25) is 0 Å². The predicted octanol–water partition coefficient (Wildman–Crippen LogP) is 14.5. The van der Waals surface area contributed by atoms with E-state index in [4.69, 9.17) is 4.74 Å². The van der Waals surface area contributed by atoms with Crippen LogP contribution in [0.1, 0.15) is 87.2 Å². The van der Waals surface area contributed by atoms with E-state index < -0.39 is 0 Å². The molecule has 0 bridgehead atoms. The molecule has 0 radical (unpaired) electrons. The number of fused-ring (bicyclic) bond motifs is 5. The van der Waals surface area contributed by atoms with Gasteiger partial charge in [0.25, 0.3) is 0 Å². The van der Waals surface area contributed by atoms with Gasteiger partial charge in [0.15, 0.2) is 0 Å². The molecular weight excluding hydrogens is 643 g/mol. The smallest absolute Gasteiger partial charge is 0.118 e. The second kappa shape index (κ2) is 13.6. The minimum Gasteiger partial charge on any atom is -0.497 e. The van der Waals surface area contributed by atoms with E-state index in [1.165, 1.54) is 147 Å². The van der Waals surface area contributed by atoms with Crippen molar-refractivity contribution in [2.75, 3.05) is 7.11 Å². The number of benzene rings is 7. The highest BCUT2D eigenvalue weighted by molar-refractivity contribution is 6.21. The highest BCUT2D eigenvalue weighted by Crippen LogP contribution is 2.45. The minimum absolute atomic E-state index is 0.688. The lowest BCUT2D eigenvalue weighted by Crippen LogP contribution is -2.04. The van der Waals surface area contributed by atoms with Crippen molar-refractivity contribution < 1.29 is 4.74 Å². The third-order valence-corrected chi connectivity index (χ3v) is 12.7. The van der Waals surface area contributed by atoms with Crippen LogP contribution in [0.15, 0.2) is 133 Å². The van der Waals surface area contributed by atoms with Crippen LogP contribution < -0.4 is 4.74 Å². The molecule has 2 fully saturated rings. The summed E-state index contributed by atoms with van der Waals surface area (Å²) in [6.07, 6.45) is 13.5. The van der Waals surface area contributed by atoms with Gasteiger partial charge in [-0.3, -0.25) is 0 Å². The Hall–Kier alpha value is -5.34. The van der Waals surface area contributed by atoms with Crippen LogP contribution in [0.5, 0.6) is 5.75 Å². The summed E-state index contributed by atoms with van der Waals surface area (Å²) in [4.78, 5) is 0. The lowest BCUT2D eigenvalue weighted by Gasteiger charge is -2.22. The second-order valence-corrected chi connectivity index (χ2v) is 15.7. The maximum Gasteiger partial charge on any atom is 0.118 e. The van der Waals surface area contributed by atoms with Crippen molar-refractivity contribution in [3.63, 3.8) is 0 Å². The third kappa shape index (κ3) is 5.62. The molecule has 2 aliphatic carbocycles. The molecule has 262 valence electrons. The highest BCUT2D eigenvalue weighted by atomic mass is 16.5. The Morgan fingerprint density at radius 2 is 0.849 bits per heavy atom. The van der Waals surface area contributed by atoms with E-state index >= 15 is 0 Å². The fourth-order valence-corrected chi connectivity index (χ4v) is 10.0. The van der Waals surface area contributed by atoms with Crippen molar-refractivity contribution in [3.8, 4) is 33.7 Å². The van der Waals surface area contributed by atoms with Crippen molar-refractivity contribution in [2.24, 2.45) is 0 Å². The van der Waals surface area contributed by atoms with Gasteiger partial charge < -0.3 is 9.30 Å². The summed E-state index contributed by atoms with van der Waals surface area (Å²) >= 11 is 0. The Bertz CT molecular complexity index is 2460. The first-order valence-corrected chi connectivity index (χ1v) is 20.0. The van der Waals surface area contributed by atoms with Crippen molar-refractivity contribution in [1.29, 1.82) is 0 Å². The van der Waals surface area contributed by atoms with E-state index in [-0.39, 0.29) is 0 Å². The minimum atomic E-state index is 0.688. The monoisotopic (exact) mass is 689 g/mol. The van der Waals surface area contributed by atoms with Crippen LogP contribution in [-0.4, -0.2) is 11.7 Å². The zero-order valence-electron chi connectivity index (χ0n) is 30.8. The van der Waals surface area contributed by atoms with E-state index in [1.807, 2.05) is 0 Å². The standard InChI is InChI=1S/C51H47NO/c1-53-41-28-22-37(23-29-41)51-44-18-10-8-16-42(44)50(43-17-9-11-19-45(43)51)36-20-26-40(27-21-36)52-48-30-24-38(34-12-4-2-5-13-34)32-46(48)47-33-39(25-31-49(47)52)35-14-6-3-7-15-35/h8-11,16-35H,2-7,12-15H2,1H3.